The van der Waals surface area contributed by atoms with Crippen molar-refractivity contribution < 1.29 is 9.47 Å². The number of hydrogen-bond donors (Lipinski definition) is 0. The van der Waals surface area contributed by atoms with Crippen molar-refractivity contribution in [3.8, 4) is 5.88 Å². The molecule has 2 bridgehead atoms. The molecule has 4 rings (SSSR count). The van der Waals surface area contributed by atoms with Crippen molar-refractivity contribution in [2.24, 2.45) is 0 Å². The molecule has 0 N–H and O–H groups in total. The first-order chi connectivity index (χ1) is 11.8. The van der Waals surface area contributed by atoms with E-state index in [1.54, 1.807) is 7.11 Å². The van der Waals surface area contributed by atoms with E-state index in [0.717, 1.165) is 26.2 Å². The average Bonchev–Trinajstić information content (AvgIpc) is 2.62. The number of hydrogen-bond acceptors (Lipinski definition) is 4. The molecular weight excluding hydrogens is 300 g/mol. The van der Waals surface area contributed by atoms with Crippen LogP contribution in [0.15, 0.2) is 54.7 Å². The van der Waals surface area contributed by atoms with Gasteiger partial charge in [-0.2, -0.15) is 0 Å². The van der Waals surface area contributed by atoms with Crippen molar-refractivity contribution in [3.05, 3.63) is 65.9 Å². The van der Waals surface area contributed by atoms with Crippen molar-refractivity contribution in [1.29, 1.82) is 0 Å². The first-order valence-electron chi connectivity index (χ1n) is 8.42. The molecule has 2 aliphatic heterocycles. The van der Waals surface area contributed by atoms with Gasteiger partial charge in [-0.15, -0.1) is 0 Å². The molecule has 24 heavy (non-hydrogen) atoms. The van der Waals surface area contributed by atoms with Gasteiger partial charge < -0.3 is 9.47 Å². The van der Waals surface area contributed by atoms with Crippen LogP contribution in [0.5, 0.6) is 5.88 Å². The summed E-state index contributed by atoms with van der Waals surface area (Å²) in [5.74, 6) is 0.668. The molecule has 2 unspecified atom stereocenters. The van der Waals surface area contributed by atoms with E-state index in [-0.39, 0.29) is 0 Å². The van der Waals surface area contributed by atoms with E-state index in [1.165, 1.54) is 16.7 Å². The molecule has 124 valence electrons. The summed E-state index contributed by atoms with van der Waals surface area (Å²) in [4.78, 5) is 6.78. The lowest BCUT2D eigenvalue weighted by molar-refractivity contribution is -0.0402. The summed E-state index contributed by atoms with van der Waals surface area (Å²) in [7, 11) is 1.66. The normalized spacial score (nSPS) is 23.6. The fraction of sp³-hybridized carbons (Fsp3) is 0.350. The highest BCUT2D eigenvalue weighted by molar-refractivity contribution is 5.68. The van der Waals surface area contributed by atoms with Gasteiger partial charge >= 0.3 is 0 Å². The van der Waals surface area contributed by atoms with E-state index >= 15 is 0 Å². The molecule has 1 saturated heterocycles. The molecule has 0 aliphatic carbocycles. The van der Waals surface area contributed by atoms with Gasteiger partial charge in [-0.1, -0.05) is 36.4 Å². The Labute approximate surface area is 142 Å². The van der Waals surface area contributed by atoms with Gasteiger partial charge in [0.05, 0.1) is 26.4 Å². The van der Waals surface area contributed by atoms with Crippen LogP contribution in [0, 0.1) is 0 Å². The van der Waals surface area contributed by atoms with E-state index in [2.05, 4.69) is 52.4 Å². The topological polar surface area (TPSA) is 34.6 Å². The van der Waals surface area contributed by atoms with E-state index in [4.69, 9.17) is 9.47 Å². The van der Waals surface area contributed by atoms with Gasteiger partial charge in [0.1, 0.15) is 0 Å². The maximum atomic E-state index is 5.81. The van der Waals surface area contributed by atoms with E-state index in [1.807, 2.05) is 12.3 Å². The second-order valence-electron chi connectivity index (χ2n) is 6.40. The Morgan fingerprint density at radius 3 is 2.88 bits per heavy atom. The second-order valence-corrected chi connectivity index (χ2v) is 6.40. The Morgan fingerprint density at radius 2 is 2.08 bits per heavy atom. The number of ether oxygens (including phenoxy) is 2. The molecular formula is C20H22N2O2. The number of methoxy groups -OCH3 is 1. The minimum Gasteiger partial charge on any atom is -0.481 e. The molecule has 0 amide bonds. The standard InChI is InChI=1S/C20H22N2O2/c1-23-20-11-16(7-8-21-20)17-9-18-13-24-14-19(10-17)22(18)12-15-5-3-2-4-6-15/h2-9,11,18-19H,10,12-14H2,1H3. The maximum absolute atomic E-state index is 5.81. The zero-order valence-electron chi connectivity index (χ0n) is 13.9. The molecule has 3 heterocycles. The fourth-order valence-electron chi connectivity index (χ4n) is 3.64. The quantitative estimate of drug-likeness (QED) is 0.866. The van der Waals surface area contributed by atoms with Crippen LogP contribution in [0.25, 0.3) is 5.57 Å². The van der Waals surface area contributed by atoms with Gasteiger partial charge in [0.15, 0.2) is 0 Å². The Hall–Kier alpha value is -2.17. The number of aromatic nitrogens is 1. The summed E-state index contributed by atoms with van der Waals surface area (Å²) in [6.45, 7) is 2.53. The third-order valence-corrected chi connectivity index (χ3v) is 4.87. The predicted molar refractivity (Wildman–Crippen MR) is 93.8 cm³/mol. The summed E-state index contributed by atoms with van der Waals surface area (Å²) in [5.41, 5.74) is 3.94. The Morgan fingerprint density at radius 1 is 1.21 bits per heavy atom. The minimum absolute atomic E-state index is 0.326. The SMILES string of the molecule is COc1cc(C2=CC3COCC(C2)N3Cc2ccccc2)ccn1. The van der Waals surface area contributed by atoms with Crippen molar-refractivity contribution in [2.45, 2.75) is 25.0 Å². The van der Waals surface area contributed by atoms with Crippen LogP contribution in [0.2, 0.25) is 0 Å². The number of nitrogens with zero attached hydrogens (tertiary/aromatic N) is 2. The first-order valence-corrected chi connectivity index (χ1v) is 8.42. The van der Waals surface area contributed by atoms with Crippen LogP contribution >= 0.6 is 0 Å². The number of pyridine rings is 1. The zero-order valence-corrected chi connectivity index (χ0v) is 13.9. The summed E-state index contributed by atoms with van der Waals surface area (Å²) in [6, 6.07) is 15.5. The monoisotopic (exact) mass is 322 g/mol. The van der Waals surface area contributed by atoms with E-state index in [9.17, 15) is 0 Å². The molecule has 4 nitrogen and oxygen atoms in total. The van der Waals surface area contributed by atoms with Crippen LogP contribution in [0.4, 0.5) is 0 Å². The van der Waals surface area contributed by atoms with Crippen molar-refractivity contribution in [2.75, 3.05) is 20.3 Å². The van der Waals surface area contributed by atoms with Crippen molar-refractivity contribution >= 4 is 5.57 Å². The van der Waals surface area contributed by atoms with Gasteiger partial charge in [0.2, 0.25) is 5.88 Å². The van der Waals surface area contributed by atoms with Gasteiger partial charge in [-0.3, -0.25) is 4.90 Å². The van der Waals surface area contributed by atoms with Crippen LogP contribution in [0.1, 0.15) is 17.5 Å². The smallest absolute Gasteiger partial charge is 0.213 e. The molecule has 1 aromatic heterocycles. The summed E-state index contributed by atoms with van der Waals surface area (Å²) < 4.78 is 11.1. The highest BCUT2D eigenvalue weighted by Gasteiger charge is 2.34. The Balaban J connectivity index is 1.59. The highest BCUT2D eigenvalue weighted by Crippen LogP contribution is 2.34. The maximum Gasteiger partial charge on any atom is 0.213 e. The van der Waals surface area contributed by atoms with Gasteiger partial charge in [-0.05, 0) is 29.2 Å². The number of benzene rings is 1. The van der Waals surface area contributed by atoms with Gasteiger partial charge in [-0.25, -0.2) is 4.98 Å². The van der Waals surface area contributed by atoms with Crippen LogP contribution in [0.3, 0.4) is 0 Å². The molecule has 4 heteroatoms. The molecule has 0 spiro atoms. The van der Waals surface area contributed by atoms with Crippen LogP contribution in [-0.4, -0.2) is 42.3 Å². The lowest BCUT2D eigenvalue weighted by Gasteiger charge is -2.44. The Bertz CT molecular complexity index is 729. The van der Waals surface area contributed by atoms with Crippen LogP contribution < -0.4 is 4.74 Å². The summed E-state index contributed by atoms with van der Waals surface area (Å²) >= 11 is 0. The highest BCUT2D eigenvalue weighted by atomic mass is 16.5. The minimum atomic E-state index is 0.326. The fourth-order valence-corrected chi connectivity index (χ4v) is 3.64. The number of rotatable bonds is 4. The lowest BCUT2D eigenvalue weighted by atomic mass is 9.89. The summed E-state index contributed by atoms with van der Waals surface area (Å²) in [5, 5.41) is 0. The number of fused-ring (bicyclic) bond motifs is 2. The van der Waals surface area contributed by atoms with Gasteiger partial charge in [0.25, 0.3) is 0 Å². The Kier molecular flexibility index (Phi) is 4.32. The molecule has 0 saturated carbocycles. The lowest BCUT2D eigenvalue weighted by Crippen LogP contribution is -2.53. The van der Waals surface area contributed by atoms with Crippen molar-refractivity contribution in [3.63, 3.8) is 0 Å². The van der Waals surface area contributed by atoms with Crippen LogP contribution in [-0.2, 0) is 11.3 Å². The van der Waals surface area contributed by atoms with E-state index in [0.29, 0.717) is 18.0 Å². The largest absolute Gasteiger partial charge is 0.481 e. The van der Waals surface area contributed by atoms with Crippen molar-refractivity contribution in [1.82, 2.24) is 9.88 Å². The summed E-state index contributed by atoms with van der Waals surface area (Å²) in [6.07, 6.45) is 5.17. The first kappa shape index (κ1) is 15.4. The van der Waals surface area contributed by atoms with Gasteiger partial charge in [0, 0.05) is 24.8 Å². The molecule has 2 atom stereocenters. The molecule has 2 aromatic rings. The second kappa shape index (κ2) is 6.75. The predicted octanol–water partition coefficient (Wildman–Crippen LogP) is 3.15. The zero-order chi connectivity index (χ0) is 16.4. The third-order valence-electron chi connectivity index (χ3n) is 4.87. The molecule has 1 fully saturated rings. The van der Waals surface area contributed by atoms with E-state index < -0.39 is 0 Å². The molecule has 1 aromatic carbocycles. The average molecular weight is 322 g/mol. The molecule has 2 aliphatic rings. The molecule has 0 radical (unpaired) electrons. The third kappa shape index (κ3) is 3.07. The number of morpholine rings is 1.